The summed E-state index contributed by atoms with van der Waals surface area (Å²) in [6.45, 7) is 15.3. The van der Waals surface area contributed by atoms with Gasteiger partial charge in [-0.1, -0.05) is 44.5 Å². The molecule has 0 rings (SSSR count). The second-order valence-electron chi connectivity index (χ2n) is 3.13. The Hall–Kier alpha value is -2.11. The highest BCUT2D eigenvalue weighted by atomic mass is 14.5. The predicted molar refractivity (Wildman–Crippen MR) is 69.5 cm³/mol. The molecule has 0 aliphatic rings. The maximum absolute atomic E-state index is 8.87. The van der Waals surface area contributed by atoms with Crippen LogP contribution in [0.5, 0.6) is 0 Å². The second kappa shape index (κ2) is 7.22. The molecule has 0 bridgehead atoms. The Balaban J connectivity index is 4.77. The molecule has 0 spiro atoms. The van der Waals surface area contributed by atoms with Crippen LogP contribution in [-0.4, -0.2) is 6.54 Å². The fraction of sp³-hybridized carbons (Fsp3) is 0.0714. The molecule has 16 heavy (non-hydrogen) atoms. The molecule has 0 aromatic heterocycles. The van der Waals surface area contributed by atoms with E-state index in [-0.39, 0.29) is 0 Å². The van der Waals surface area contributed by atoms with E-state index in [9.17, 15) is 0 Å². The van der Waals surface area contributed by atoms with Crippen LogP contribution >= 0.6 is 0 Å². The third kappa shape index (κ3) is 4.41. The molecule has 0 aliphatic heterocycles. The third-order valence-corrected chi connectivity index (χ3v) is 1.90. The topological polar surface area (TPSA) is 49.8 Å². The van der Waals surface area contributed by atoms with E-state index in [1.807, 2.05) is 6.07 Å². The molecule has 0 saturated carbocycles. The third-order valence-electron chi connectivity index (χ3n) is 1.90. The zero-order valence-electron chi connectivity index (χ0n) is 9.37. The lowest BCUT2D eigenvalue weighted by Crippen LogP contribution is -1.99. The van der Waals surface area contributed by atoms with E-state index >= 15 is 0 Å². The molecule has 0 heterocycles. The Bertz CT molecular complexity index is 415. The maximum atomic E-state index is 8.87. The summed E-state index contributed by atoms with van der Waals surface area (Å²) < 4.78 is 0. The lowest BCUT2D eigenvalue weighted by molar-refractivity contribution is 1.19. The SMILES string of the molecule is C=C/C=C(/C#N)C(=C)C(=C)/C=C\C(=C)CN. The number of nitrogens with two attached hydrogens (primary N) is 1. The van der Waals surface area contributed by atoms with Crippen molar-refractivity contribution in [1.29, 1.82) is 5.26 Å². The first-order chi connectivity index (χ1) is 7.56. The molecule has 0 radical (unpaired) electrons. The first-order valence-corrected chi connectivity index (χ1v) is 4.74. The van der Waals surface area contributed by atoms with Gasteiger partial charge in [0.05, 0.1) is 11.6 Å². The predicted octanol–water partition coefficient (Wildman–Crippen LogP) is 2.81. The number of nitriles is 1. The van der Waals surface area contributed by atoms with Gasteiger partial charge < -0.3 is 5.73 Å². The van der Waals surface area contributed by atoms with Crippen LogP contribution in [0, 0.1) is 11.3 Å². The Morgan fingerprint density at radius 2 is 1.88 bits per heavy atom. The molecular weight excluding hydrogens is 196 g/mol. The minimum Gasteiger partial charge on any atom is -0.327 e. The van der Waals surface area contributed by atoms with E-state index in [0.717, 1.165) is 5.57 Å². The van der Waals surface area contributed by atoms with Crippen LogP contribution in [0.3, 0.4) is 0 Å². The van der Waals surface area contributed by atoms with Crippen molar-refractivity contribution in [3.8, 4) is 6.07 Å². The highest BCUT2D eigenvalue weighted by Crippen LogP contribution is 2.17. The van der Waals surface area contributed by atoms with E-state index in [4.69, 9.17) is 11.0 Å². The number of hydrogen-bond acceptors (Lipinski definition) is 2. The average Bonchev–Trinajstić information content (AvgIpc) is 2.31. The summed E-state index contributed by atoms with van der Waals surface area (Å²) in [5.74, 6) is 0. The number of nitrogens with zero attached hydrogens (tertiary/aromatic N) is 1. The summed E-state index contributed by atoms with van der Waals surface area (Å²) >= 11 is 0. The highest BCUT2D eigenvalue weighted by Gasteiger charge is 2.02. The van der Waals surface area contributed by atoms with Crippen molar-refractivity contribution < 1.29 is 0 Å². The number of rotatable bonds is 6. The van der Waals surface area contributed by atoms with Crippen molar-refractivity contribution in [3.63, 3.8) is 0 Å². The van der Waals surface area contributed by atoms with Crippen LogP contribution in [0.1, 0.15) is 0 Å². The molecule has 0 saturated heterocycles. The molecule has 0 atom stereocenters. The summed E-state index contributed by atoms with van der Waals surface area (Å²) in [7, 11) is 0. The minimum absolute atomic E-state index is 0.393. The van der Waals surface area contributed by atoms with Gasteiger partial charge in [0.15, 0.2) is 0 Å². The zero-order chi connectivity index (χ0) is 12.6. The van der Waals surface area contributed by atoms with E-state index < -0.39 is 0 Å². The van der Waals surface area contributed by atoms with Crippen LogP contribution in [-0.2, 0) is 0 Å². The molecule has 0 unspecified atom stereocenters. The van der Waals surface area contributed by atoms with E-state index in [1.165, 1.54) is 0 Å². The number of allylic oxidation sites excluding steroid dienone is 6. The quantitative estimate of drug-likeness (QED) is 0.543. The molecular formula is C14H16N2. The molecule has 0 amide bonds. The summed E-state index contributed by atoms with van der Waals surface area (Å²) in [4.78, 5) is 0. The van der Waals surface area contributed by atoms with Gasteiger partial charge in [-0.2, -0.15) is 5.26 Å². The fourth-order valence-corrected chi connectivity index (χ4v) is 0.883. The van der Waals surface area contributed by atoms with Crippen LogP contribution in [0.4, 0.5) is 0 Å². The van der Waals surface area contributed by atoms with Gasteiger partial charge in [-0.25, -0.2) is 0 Å². The lowest BCUT2D eigenvalue weighted by atomic mass is 10.0. The van der Waals surface area contributed by atoms with Crippen molar-refractivity contribution in [1.82, 2.24) is 0 Å². The molecule has 2 N–H and O–H groups in total. The van der Waals surface area contributed by atoms with Crippen molar-refractivity contribution in [2.75, 3.05) is 6.54 Å². The van der Waals surface area contributed by atoms with Gasteiger partial charge in [0.2, 0.25) is 0 Å². The van der Waals surface area contributed by atoms with Gasteiger partial charge in [-0.05, 0) is 22.8 Å². The first-order valence-electron chi connectivity index (χ1n) is 4.74. The monoisotopic (exact) mass is 212 g/mol. The van der Waals surface area contributed by atoms with E-state index in [2.05, 4.69) is 26.3 Å². The molecule has 82 valence electrons. The van der Waals surface area contributed by atoms with Gasteiger partial charge in [-0.3, -0.25) is 0 Å². The Morgan fingerprint density at radius 3 is 2.31 bits per heavy atom. The van der Waals surface area contributed by atoms with Crippen molar-refractivity contribution in [2.24, 2.45) is 5.73 Å². The summed E-state index contributed by atoms with van der Waals surface area (Å²) in [6.07, 6.45) is 6.64. The van der Waals surface area contributed by atoms with E-state index in [0.29, 0.717) is 23.3 Å². The molecule has 0 aromatic rings. The summed E-state index contributed by atoms with van der Waals surface area (Å²) in [6, 6.07) is 2.03. The van der Waals surface area contributed by atoms with Crippen LogP contribution in [0.15, 0.2) is 72.9 Å². The van der Waals surface area contributed by atoms with Crippen molar-refractivity contribution in [2.45, 2.75) is 0 Å². The molecule has 2 heteroatoms. The largest absolute Gasteiger partial charge is 0.327 e. The molecule has 0 aliphatic carbocycles. The van der Waals surface area contributed by atoms with Crippen molar-refractivity contribution >= 4 is 0 Å². The Kier molecular flexibility index (Phi) is 6.27. The van der Waals surface area contributed by atoms with Crippen LogP contribution in [0.25, 0.3) is 0 Å². The standard InChI is InChI=1S/C14H16N2/c1-5-6-14(10-16)13(4)12(3)8-7-11(2)9-15/h5-8H,1-4,9,15H2/b8-7-,14-6-. The van der Waals surface area contributed by atoms with Gasteiger partial charge in [-0.15, -0.1) is 0 Å². The van der Waals surface area contributed by atoms with Crippen molar-refractivity contribution in [3.05, 3.63) is 72.9 Å². The Labute approximate surface area is 97.1 Å². The highest BCUT2D eigenvalue weighted by molar-refractivity contribution is 5.55. The molecule has 2 nitrogen and oxygen atoms in total. The Morgan fingerprint density at radius 1 is 1.25 bits per heavy atom. The van der Waals surface area contributed by atoms with Gasteiger partial charge in [0, 0.05) is 6.54 Å². The summed E-state index contributed by atoms with van der Waals surface area (Å²) in [5.41, 5.74) is 7.86. The van der Waals surface area contributed by atoms with Gasteiger partial charge >= 0.3 is 0 Å². The summed E-state index contributed by atoms with van der Waals surface area (Å²) in [5, 5.41) is 8.87. The zero-order valence-corrected chi connectivity index (χ0v) is 9.37. The van der Waals surface area contributed by atoms with E-state index in [1.54, 1.807) is 24.3 Å². The van der Waals surface area contributed by atoms with Gasteiger partial charge in [0.25, 0.3) is 0 Å². The first kappa shape index (κ1) is 13.9. The average molecular weight is 212 g/mol. The lowest BCUT2D eigenvalue weighted by Gasteiger charge is -2.03. The van der Waals surface area contributed by atoms with Crippen LogP contribution in [0.2, 0.25) is 0 Å². The number of hydrogen-bond donors (Lipinski definition) is 1. The van der Waals surface area contributed by atoms with Crippen LogP contribution < -0.4 is 5.73 Å². The normalized spacial score (nSPS) is 10.9. The molecule has 0 aromatic carbocycles. The maximum Gasteiger partial charge on any atom is 0.0997 e. The fourth-order valence-electron chi connectivity index (χ4n) is 0.883. The van der Waals surface area contributed by atoms with Gasteiger partial charge in [0.1, 0.15) is 0 Å². The molecule has 0 fully saturated rings. The second-order valence-corrected chi connectivity index (χ2v) is 3.13. The minimum atomic E-state index is 0.393. The smallest absolute Gasteiger partial charge is 0.0997 e.